The summed E-state index contributed by atoms with van der Waals surface area (Å²) >= 11 is 3.45. The molecule has 1 saturated heterocycles. The summed E-state index contributed by atoms with van der Waals surface area (Å²) in [5.41, 5.74) is 1.05. The summed E-state index contributed by atoms with van der Waals surface area (Å²) in [5, 5.41) is 8.82. The summed E-state index contributed by atoms with van der Waals surface area (Å²) in [6, 6.07) is 7.79. The number of carbonyl (C=O) groups is 1. The zero-order chi connectivity index (χ0) is 12.3. The number of cyclic esters (lactones) is 1. The Balaban J connectivity index is 2.00. The van der Waals surface area contributed by atoms with Crippen molar-refractivity contribution >= 4 is 22.0 Å². The topological polar surface area (TPSA) is 49.8 Å². The number of hydrogen-bond acceptors (Lipinski definition) is 3. The molecular weight excluding hydrogens is 286 g/mol. The fourth-order valence-electron chi connectivity index (χ4n) is 1.83. The molecule has 5 heteroatoms. The Kier molecular flexibility index (Phi) is 4.02. The zero-order valence-corrected chi connectivity index (χ0v) is 10.9. The maximum Gasteiger partial charge on any atom is 0.410 e. The summed E-state index contributed by atoms with van der Waals surface area (Å²) in [6.45, 7) is 1.11. The largest absolute Gasteiger partial charge is 0.444 e. The second-order valence-corrected chi connectivity index (χ2v) is 4.84. The SMILES string of the molecule is O=C1OC(CCO)CN1Cc1ccccc1Br. The number of nitrogens with zero attached hydrogens (tertiary/aromatic N) is 1. The van der Waals surface area contributed by atoms with Crippen LogP contribution in [0, 0.1) is 0 Å². The monoisotopic (exact) mass is 299 g/mol. The molecule has 17 heavy (non-hydrogen) atoms. The van der Waals surface area contributed by atoms with E-state index in [1.165, 1.54) is 0 Å². The van der Waals surface area contributed by atoms with E-state index in [9.17, 15) is 4.79 Å². The summed E-state index contributed by atoms with van der Waals surface area (Å²) in [6.07, 6.45) is 0.00672. The number of aliphatic hydroxyl groups is 1. The van der Waals surface area contributed by atoms with Crippen LogP contribution in [0.1, 0.15) is 12.0 Å². The summed E-state index contributed by atoms with van der Waals surface area (Å²) in [5.74, 6) is 0. The van der Waals surface area contributed by atoms with Crippen LogP contribution in [0.3, 0.4) is 0 Å². The molecule has 1 aromatic rings. The minimum atomic E-state index is -0.306. The number of hydrogen-bond donors (Lipinski definition) is 1. The van der Waals surface area contributed by atoms with Crippen molar-refractivity contribution < 1.29 is 14.6 Å². The lowest BCUT2D eigenvalue weighted by atomic mass is 10.2. The van der Waals surface area contributed by atoms with Gasteiger partial charge in [-0.2, -0.15) is 0 Å². The van der Waals surface area contributed by atoms with Crippen molar-refractivity contribution in [1.82, 2.24) is 4.90 Å². The van der Waals surface area contributed by atoms with Crippen LogP contribution >= 0.6 is 15.9 Å². The van der Waals surface area contributed by atoms with Crippen LogP contribution in [0.5, 0.6) is 0 Å². The average molecular weight is 300 g/mol. The van der Waals surface area contributed by atoms with Crippen LogP contribution in [-0.2, 0) is 11.3 Å². The van der Waals surface area contributed by atoms with Gasteiger partial charge >= 0.3 is 6.09 Å². The molecule has 0 bridgehead atoms. The van der Waals surface area contributed by atoms with Crippen molar-refractivity contribution in [1.29, 1.82) is 0 Å². The lowest BCUT2D eigenvalue weighted by molar-refractivity contribution is 0.117. The second-order valence-electron chi connectivity index (χ2n) is 3.99. The Hall–Kier alpha value is -1.07. The lowest BCUT2D eigenvalue weighted by Crippen LogP contribution is -2.24. The molecule has 1 amide bonds. The number of rotatable bonds is 4. The highest BCUT2D eigenvalue weighted by atomic mass is 79.9. The third kappa shape index (κ3) is 2.98. The first-order chi connectivity index (χ1) is 8.20. The summed E-state index contributed by atoms with van der Waals surface area (Å²) < 4.78 is 6.12. The fourth-order valence-corrected chi connectivity index (χ4v) is 2.24. The number of amides is 1. The van der Waals surface area contributed by atoms with Gasteiger partial charge in [0.05, 0.1) is 13.1 Å². The Labute approximate surface area is 108 Å². The molecule has 1 aliphatic rings. The minimum absolute atomic E-state index is 0.0425. The molecule has 0 radical (unpaired) electrons. The Morgan fingerprint density at radius 1 is 1.47 bits per heavy atom. The van der Waals surface area contributed by atoms with Crippen LogP contribution < -0.4 is 0 Å². The van der Waals surface area contributed by atoms with Gasteiger partial charge < -0.3 is 14.7 Å². The summed E-state index contributed by atoms with van der Waals surface area (Å²) in [4.78, 5) is 13.2. The van der Waals surface area contributed by atoms with E-state index in [2.05, 4.69) is 15.9 Å². The average Bonchev–Trinajstić information content (AvgIpc) is 2.63. The predicted molar refractivity (Wildman–Crippen MR) is 66.5 cm³/mol. The van der Waals surface area contributed by atoms with E-state index in [1.807, 2.05) is 24.3 Å². The molecule has 1 aliphatic heterocycles. The molecule has 1 fully saturated rings. The van der Waals surface area contributed by atoms with E-state index in [4.69, 9.17) is 9.84 Å². The van der Waals surface area contributed by atoms with Crippen LogP contribution in [0.4, 0.5) is 4.79 Å². The molecule has 2 rings (SSSR count). The maximum atomic E-state index is 11.6. The van der Waals surface area contributed by atoms with Crippen molar-refractivity contribution in [3.63, 3.8) is 0 Å². The minimum Gasteiger partial charge on any atom is -0.444 e. The van der Waals surface area contributed by atoms with Crippen molar-refractivity contribution in [3.05, 3.63) is 34.3 Å². The number of carbonyl (C=O) groups excluding carboxylic acids is 1. The van der Waals surface area contributed by atoms with Gasteiger partial charge in [-0.05, 0) is 11.6 Å². The molecule has 0 aromatic heterocycles. The van der Waals surface area contributed by atoms with E-state index in [1.54, 1.807) is 4.90 Å². The van der Waals surface area contributed by atoms with Gasteiger partial charge in [-0.1, -0.05) is 34.1 Å². The molecular formula is C12H14BrNO3. The van der Waals surface area contributed by atoms with Crippen LogP contribution in [-0.4, -0.2) is 35.4 Å². The molecule has 0 saturated carbocycles. The van der Waals surface area contributed by atoms with Gasteiger partial charge in [-0.25, -0.2) is 4.79 Å². The van der Waals surface area contributed by atoms with E-state index < -0.39 is 0 Å². The molecule has 4 nitrogen and oxygen atoms in total. The van der Waals surface area contributed by atoms with Crippen molar-refractivity contribution in [2.45, 2.75) is 19.1 Å². The molecule has 1 N–H and O–H groups in total. The Bertz CT molecular complexity index is 410. The quantitative estimate of drug-likeness (QED) is 0.927. The number of halogens is 1. The van der Waals surface area contributed by atoms with Crippen molar-refractivity contribution in [2.75, 3.05) is 13.2 Å². The van der Waals surface area contributed by atoms with E-state index in [0.29, 0.717) is 19.5 Å². The van der Waals surface area contributed by atoms with E-state index in [-0.39, 0.29) is 18.8 Å². The standard InChI is InChI=1S/C12H14BrNO3/c13-11-4-2-1-3-9(11)7-14-8-10(5-6-15)17-12(14)16/h1-4,10,15H,5-8H2. The highest BCUT2D eigenvalue weighted by Crippen LogP contribution is 2.21. The maximum absolute atomic E-state index is 11.6. The highest BCUT2D eigenvalue weighted by Gasteiger charge is 2.30. The molecule has 0 spiro atoms. The van der Waals surface area contributed by atoms with E-state index >= 15 is 0 Å². The van der Waals surface area contributed by atoms with Crippen LogP contribution in [0.15, 0.2) is 28.7 Å². The Morgan fingerprint density at radius 2 is 2.24 bits per heavy atom. The van der Waals surface area contributed by atoms with Gasteiger partial charge in [0.15, 0.2) is 0 Å². The van der Waals surface area contributed by atoms with Gasteiger partial charge in [0.1, 0.15) is 6.10 Å². The molecule has 1 heterocycles. The van der Waals surface area contributed by atoms with Gasteiger partial charge in [0, 0.05) is 17.5 Å². The normalized spacial score (nSPS) is 19.5. The smallest absolute Gasteiger partial charge is 0.410 e. The summed E-state index contributed by atoms with van der Waals surface area (Å²) in [7, 11) is 0. The molecule has 1 unspecified atom stereocenters. The third-order valence-electron chi connectivity index (χ3n) is 2.72. The first-order valence-electron chi connectivity index (χ1n) is 5.50. The first kappa shape index (κ1) is 12.4. The molecule has 92 valence electrons. The van der Waals surface area contributed by atoms with Crippen molar-refractivity contribution in [2.24, 2.45) is 0 Å². The number of aliphatic hydroxyl groups excluding tert-OH is 1. The van der Waals surface area contributed by atoms with E-state index in [0.717, 1.165) is 10.0 Å². The number of benzene rings is 1. The first-order valence-corrected chi connectivity index (χ1v) is 6.30. The third-order valence-corrected chi connectivity index (χ3v) is 3.49. The second kappa shape index (κ2) is 5.51. The van der Waals surface area contributed by atoms with Crippen LogP contribution in [0.25, 0.3) is 0 Å². The van der Waals surface area contributed by atoms with Gasteiger partial charge in [-0.3, -0.25) is 0 Å². The van der Waals surface area contributed by atoms with Crippen LogP contribution in [0.2, 0.25) is 0 Å². The van der Waals surface area contributed by atoms with Gasteiger partial charge in [-0.15, -0.1) is 0 Å². The molecule has 1 aromatic carbocycles. The van der Waals surface area contributed by atoms with Crippen molar-refractivity contribution in [3.8, 4) is 0 Å². The predicted octanol–water partition coefficient (Wildman–Crippen LogP) is 2.15. The van der Waals surface area contributed by atoms with Gasteiger partial charge in [0.25, 0.3) is 0 Å². The lowest BCUT2D eigenvalue weighted by Gasteiger charge is -2.13. The molecule has 0 aliphatic carbocycles. The highest BCUT2D eigenvalue weighted by molar-refractivity contribution is 9.10. The number of ether oxygens (including phenoxy) is 1. The van der Waals surface area contributed by atoms with Gasteiger partial charge in [0.2, 0.25) is 0 Å². The Morgan fingerprint density at radius 3 is 2.94 bits per heavy atom. The fraction of sp³-hybridized carbons (Fsp3) is 0.417. The molecule has 1 atom stereocenters. The zero-order valence-electron chi connectivity index (χ0n) is 9.30.